The molecule has 10 heteroatoms. The smallest absolute Gasteiger partial charge is 0.312 e. The van der Waals surface area contributed by atoms with E-state index in [1.165, 1.54) is 4.90 Å². The van der Waals surface area contributed by atoms with Gasteiger partial charge in [0.25, 0.3) is 0 Å². The molecular formula is C25H41N3O7. The van der Waals surface area contributed by atoms with E-state index in [-0.39, 0.29) is 30.9 Å². The summed E-state index contributed by atoms with van der Waals surface area (Å²) in [6, 6.07) is -1.43. The Labute approximate surface area is 207 Å². The number of carbonyl (C=O) groups is 3. The summed E-state index contributed by atoms with van der Waals surface area (Å²) in [6.07, 6.45) is 1.62. The molecule has 4 rings (SSSR count). The summed E-state index contributed by atoms with van der Waals surface area (Å²) in [6.45, 7) is 11.7. The van der Waals surface area contributed by atoms with Crippen LogP contribution in [0.2, 0.25) is 0 Å². The van der Waals surface area contributed by atoms with Crippen LogP contribution in [-0.4, -0.2) is 109 Å². The van der Waals surface area contributed by atoms with Gasteiger partial charge in [-0.1, -0.05) is 13.8 Å². The second kappa shape index (κ2) is 10.3. The van der Waals surface area contributed by atoms with Crippen molar-refractivity contribution in [2.45, 2.75) is 70.2 Å². The van der Waals surface area contributed by atoms with Crippen molar-refractivity contribution in [1.29, 1.82) is 0 Å². The second-order valence-electron chi connectivity index (χ2n) is 10.9. The molecule has 0 aromatic rings. The van der Waals surface area contributed by atoms with Gasteiger partial charge in [0.15, 0.2) is 0 Å². The third kappa shape index (κ3) is 4.58. The molecule has 6 atom stereocenters. The van der Waals surface area contributed by atoms with E-state index in [1.54, 1.807) is 6.92 Å². The van der Waals surface area contributed by atoms with Crippen LogP contribution in [0.3, 0.4) is 0 Å². The van der Waals surface area contributed by atoms with Crippen molar-refractivity contribution < 1.29 is 33.7 Å². The molecule has 2 amide bonds. The summed E-state index contributed by atoms with van der Waals surface area (Å²) in [7, 11) is 0. The molecular weight excluding hydrogens is 454 g/mol. The van der Waals surface area contributed by atoms with E-state index in [4.69, 9.17) is 14.2 Å². The van der Waals surface area contributed by atoms with Crippen LogP contribution in [0, 0.1) is 17.8 Å². The number of hydrogen-bond acceptors (Lipinski definition) is 8. The van der Waals surface area contributed by atoms with Gasteiger partial charge < -0.3 is 29.5 Å². The Morgan fingerprint density at radius 1 is 1.26 bits per heavy atom. The Bertz CT molecular complexity index is 817. The highest BCUT2D eigenvalue weighted by atomic mass is 16.6. The van der Waals surface area contributed by atoms with Crippen LogP contribution >= 0.6 is 0 Å². The lowest BCUT2D eigenvalue weighted by atomic mass is 9.66. The number of rotatable bonds is 10. The number of esters is 1. The molecule has 2 unspecified atom stereocenters. The topological polar surface area (TPSA) is 118 Å². The number of aliphatic hydroxyl groups excluding tert-OH is 1. The number of aliphatic hydroxyl groups is 1. The molecule has 0 aliphatic carbocycles. The van der Waals surface area contributed by atoms with Crippen molar-refractivity contribution in [3.8, 4) is 0 Å². The Morgan fingerprint density at radius 2 is 1.97 bits per heavy atom. The van der Waals surface area contributed by atoms with Crippen molar-refractivity contribution in [2.75, 3.05) is 52.6 Å². The molecule has 0 aromatic carbocycles. The van der Waals surface area contributed by atoms with Crippen molar-refractivity contribution in [1.82, 2.24) is 15.1 Å². The molecule has 1 spiro atoms. The monoisotopic (exact) mass is 495 g/mol. The van der Waals surface area contributed by atoms with Gasteiger partial charge in [0, 0.05) is 26.2 Å². The van der Waals surface area contributed by atoms with Gasteiger partial charge in [0.05, 0.1) is 44.0 Å². The highest BCUT2D eigenvalue weighted by molar-refractivity contribution is 5.98. The van der Waals surface area contributed by atoms with Crippen molar-refractivity contribution in [3.63, 3.8) is 0 Å². The standard InChI is InChI=1S/C25H41N3O7/c1-5-34-23(32)19-18-22(31)28(17(15-29)14-16(2)3)20(25(18)7-6-24(19,4)35-25)21(30)26-8-9-27-10-12-33-13-11-27/h16-20,29H,5-15H2,1-4H3,(H,26,30)/t17-,18+,19+,20?,24-,25?/m1/s1. The second-order valence-corrected chi connectivity index (χ2v) is 10.9. The molecule has 10 nitrogen and oxygen atoms in total. The normalized spacial score (nSPS) is 35.4. The summed E-state index contributed by atoms with van der Waals surface area (Å²) in [4.78, 5) is 44.5. The molecule has 198 valence electrons. The average molecular weight is 496 g/mol. The number of fused-ring (bicyclic) bond motifs is 1. The first-order valence-electron chi connectivity index (χ1n) is 13.1. The molecule has 2 N–H and O–H groups in total. The zero-order valence-corrected chi connectivity index (χ0v) is 21.5. The number of hydrogen-bond donors (Lipinski definition) is 2. The van der Waals surface area contributed by atoms with Crippen LogP contribution in [0.1, 0.15) is 47.0 Å². The summed E-state index contributed by atoms with van der Waals surface area (Å²) in [5, 5.41) is 13.3. The zero-order chi connectivity index (χ0) is 25.4. The first-order valence-corrected chi connectivity index (χ1v) is 13.1. The lowest BCUT2D eigenvalue weighted by molar-refractivity contribution is -0.160. The quantitative estimate of drug-likeness (QED) is 0.412. The number of ether oxygens (including phenoxy) is 3. The van der Waals surface area contributed by atoms with Gasteiger partial charge in [-0.15, -0.1) is 0 Å². The molecule has 2 bridgehead atoms. The van der Waals surface area contributed by atoms with E-state index in [0.717, 1.165) is 13.1 Å². The lowest BCUT2D eigenvalue weighted by Crippen LogP contribution is -2.58. The van der Waals surface area contributed by atoms with E-state index in [2.05, 4.69) is 10.2 Å². The zero-order valence-electron chi connectivity index (χ0n) is 21.5. The fraction of sp³-hybridized carbons (Fsp3) is 0.880. The lowest BCUT2D eigenvalue weighted by Gasteiger charge is -2.37. The van der Waals surface area contributed by atoms with Crippen molar-refractivity contribution in [2.24, 2.45) is 17.8 Å². The number of likely N-dealkylation sites (tertiary alicyclic amines) is 1. The van der Waals surface area contributed by atoms with E-state index in [9.17, 15) is 19.5 Å². The Balaban J connectivity index is 1.62. The summed E-state index contributed by atoms with van der Waals surface area (Å²) < 4.78 is 17.3. The van der Waals surface area contributed by atoms with Gasteiger partial charge in [-0.05, 0) is 39.0 Å². The van der Waals surface area contributed by atoms with Gasteiger partial charge in [-0.2, -0.15) is 0 Å². The van der Waals surface area contributed by atoms with Crippen molar-refractivity contribution >= 4 is 17.8 Å². The maximum absolute atomic E-state index is 14.0. The minimum atomic E-state index is -1.10. The summed E-state index contributed by atoms with van der Waals surface area (Å²) in [5.41, 5.74) is -1.95. The Kier molecular flexibility index (Phi) is 7.76. The van der Waals surface area contributed by atoms with Crippen LogP contribution in [0.25, 0.3) is 0 Å². The third-order valence-corrected chi connectivity index (χ3v) is 8.18. The van der Waals surface area contributed by atoms with Crippen LogP contribution in [-0.2, 0) is 28.6 Å². The highest BCUT2D eigenvalue weighted by Gasteiger charge is 2.78. The molecule has 4 fully saturated rings. The fourth-order valence-electron chi connectivity index (χ4n) is 6.73. The SMILES string of the molecule is CCOC(=O)[C@@H]1[C@H]2C(=O)N([C@@H](CO)CC(C)C)C(C(=O)NCCN3CCOCC3)C23CC[C@@]1(C)O3. The number of morpholine rings is 1. The number of nitrogens with zero attached hydrogens (tertiary/aromatic N) is 2. The molecule has 0 aromatic heterocycles. The highest BCUT2D eigenvalue weighted by Crippen LogP contribution is 2.63. The number of amides is 2. The molecule has 0 radical (unpaired) electrons. The molecule has 0 saturated carbocycles. The molecule has 4 saturated heterocycles. The van der Waals surface area contributed by atoms with Crippen LogP contribution < -0.4 is 5.32 Å². The molecule has 4 heterocycles. The number of nitrogens with one attached hydrogen (secondary N) is 1. The predicted octanol–water partition coefficient (Wildman–Crippen LogP) is 0.170. The van der Waals surface area contributed by atoms with Crippen LogP contribution in [0.15, 0.2) is 0 Å². The summed E-state index contributed by atoms with van der Waals surface area (Å²) >= 11 is 0. The Morgan fingerprint density at radius 3 is 2.60 bits per heavy atom. The Hall–Kier alpha value is -1.75. The number of carbonyl (C=O) groups excluding carboxylic acids is 3. The van der Waals surface area contributed by atoms with E-state index >= 15 is 0 Å². The fourth-order valence-corrected chi connectivity index (χ4v) is 6.73. The van der Waals surface area contributed by atoms with Crippen molar-refractivity contribution in [3.05, 3.63) is 0 Å². The predicted molar refractivity (Wildman–Crippen MR) is 126 cm³/mol. The van der Waals surface area contributed by atoms with Crippen LogP contribution in [0.5, 0.6) is 0 Å². The molecule has 4 aliphatic rings. The first-order chi connectivity index (χ1) is 16.7. The molecule has 4 aliphatic heterocycles. The average Bonchev–Trinajstić information content (AvgIpc) is 3.39. The maximum atomic E-state index is 14.0. The van der Waals surface area contributed by atoms with Gasteiger partial charge in [-0.3, -0.25) is 19.3 Å². The minimum Gasteiger partial charge on any atom is -0.466 e. The maximum Gasteiger partial charge on any atom is 0.312 e. The van der Waals surface area contributed by atoms with E-state index in [0.29, 0.717) is 45.6 Å². The van der Waals surface area contributed by atoms with Gasteiger partial charge in [0.1, 0.15) is 17.6 Å². The largest absolute Gasteiger partial charge is 0.466 e. The van der Waals surface area contributed by atoms with Crippen LogP contribution in [0.4, 0.5) is 0 Å². The van der Waals surface area contributed by atoms with E-state index < -0.39 is 41.1 Å². The minimum absolute atomic E-state index is 0.207. The van der Waals surface area contributed by atoms with Gasteiger partial charge >= 0.3 is 5.97 Å². The van der Waals surface area contributed by atoms with Gasteiger partial charge in [-0.25, -0.2) is 0 Å². The summed E-state index contributed by atoms with van der Waals surface area (Å²) in [5.74, 6) is -2.39. The third-order valence-electron chi connectivity index (χ3n) is 8.18. The van der Waals surface area contributed by atoms with Gasteiger partial charge in [0.2, 0.25) is 11.8 Å². The first kappa shape index (κ1) is 26.3. The molecule has 35 heavy (non-hydrogen) atoms. The van der Waals surface area contributed by atoms with E-state index in [1.807, 2.05) is 20.8 Å².